The summed E-state index contributed by atoms with van der Waals surface area (Å²) >= 11 is 5.57. The molecule has 0 atom stereocenters. The molecule has 2 aromatic carbocycles. The summed E-state index contributed by atoms with van der Waals surface area (Å²) < 4.78 is 5.38. The zero-order valence-electron chi connectivity index (χ0n) is 13.1. The van der Waals surface area contributed by atoms with Gasteiger partial charge in [-0.15, -0.1) is 11.6 Å². The number of para-hydroxylation sites is 1. The lowest BCUT2D eigenvalue weighted by atomic mass is 10.2. The third-order valence-electron chi connectivity index (χ3n) is 3.08. The van der Waals surface area contributed by atoms with Gasteiger partial charge in [-0.1, -0.05) is 24.3 Å². The average molecular weight is 347 g/mol. The van der Waals surface area contributed by atoms with Crippen LogP contribution in [-0.2, 0) is 9.59 Å². The number of ether oxygens (including phenoxy) is 1. The summed E-state index contributed by atoms with van der Waals surface area (Å²) in [6.45, 7) is -0.0870. The van der Waals surface area contributed by atoms with E-state index in [0.29, 0.717) is 35.8 Å². The van der Waals surface area contributed by atoms with E-state index in [1.165, 1.54) is 0 Å². The molecule has 0 aliphatic heterocycles. The number of rotatable bonds is 8. The van der Waals surface area contributed by atoms with Crippen LogP contribution in [0.5, 0.6) is 5.75 Å². The first kappa shape index (κ1) is 17.8. The predicted octanol–water partition coefficient (Wildman–Crippen LogP) is 3.66. The molecule has 0 spiro atoms. The van der Waals surface area contributed by atoms with E-state index >= 15 is 0 Å². The van der Waals surface area contributed by atoms with Crippen molar-refractivity contribution in [3.8, 4) is 5.75 Å². The van der Waals surface area contributed by atoms with Crippen LogP contribution >= 0.6 is 11.6 Å². The molecule has 0 aliphatic carbocycles. The zero-order valence-corrected chi connectivity index (χ0v) is 13.9. The van der Waals surface area contributed by atoms with Crippen LogP contribution in [0.15, 0.2) is 54.6 Å². The van der Waals surface area contributed by atoms with E-state index in [1.54, 1.807) is 36.4 Å². The molecule has 2 N–H and O–H groups in total. The van der Waals surface area contributed by atoms with Crippen LogP contribution < -0.4 is 15.4 Å². The number of amides is 2. The topological polar surface area (TPSA) is 67.4 Å². The highest BCUT2D eigenvalue weighted by Crippen LogP contribution is 2.16. The van der Waals surface area contributed by atoms with Crippen molar-refractivity contribution >= 4 is 34.8 Å². The Bertz CT molecular complexity index is 677. The Morgan fingerprint density at radius 2 is 1.58 bits per heavy atom. The smallest absolute Gasteiger partial charge is 0.262 e. The molecule has 0 radical (unpaired) electrons. The van der Waals surface area contributed by atoms with Crippen molar-refractivity contribution in [2.45, 2.75) is 12.8 Å². The fourth-order valence-electron chi connectivity index (χ4n) is 1.99. The molecular formula is C18H19ClN2O3. The van der Waals surface area contributed by atoms with Crippen molar-refractivity contribution in [2.24, 2.45) is 0 Å². The van der Waals surface area contributed by atoms with Gasteiger partial charge in [-0.3, -0.25) is 9.59 Å². The van der Waals surface area contributed by atoms with Gasteiger partial charge in [0.15, 0.2) is 6.61 Å². The van der Waals surface area contributed by atoms with Gasteiger partial charge in [-0.2, -0.15) is 0 Å². The van der Waals surface area contributed by atoms with E-state index in [9.17, 15) is 9.59 Å². The maximum atomic E-state index is 11.9. The lowest BCUT2D eigenvalue weighted by Gasteiger charge is -2.09. The zero-order chi connectivity index (χ0) is 17.2. The summed E-state index contributed by atoms with van der Waals surface area (Å²) in [5.41, 5.74) is 1.21. The molecular weight excluding hydrogens is 328 g/mol. The molecule has 5 nitrogen and oxygen atoms in total. The highest BCUT2D eigenvalue weighted by atomic mass is 35.5. The molecule has 6 heteroatoms. The van der Waals surface area contributed by atoms with Crippen molar-refractivity contribution in [3.05, 3.63) is 54.6 Å². The molecule has 24 heavy (non-hydrogen) atoms. The van der Waals surface area contributed by atoms with Crippen LogP contribution in [0.2, 0.25) is 0 Å². The Kier molecular flexibility index (Phi) is 7.11. The van der Waals surface area contributed by atoms with Gasteiger partial charge in [-0.25, -0.2) is 0 Å². The molecule has 0 aliphatic rings. The predicted molar refractivity (Wildman–Crippen MR) is 95.6 cm³/mol. The largest absolute Gasteiger partial charge is 0.484 e. The summed E-state index contributed by atoms with van der Waals surface area (Å²) in [5, 5.41) is 5.50. The summed E-state index contributed by atoms with van der Waals surface area (Å²) in [7, 11) is 0. The highest BCUT2D eigenvalue weighted by molar-refractivity contribution is 6.18. The second-order valence-electron chi connectivity index (χ2n) is 5.07. The van der Waals surface area contributed by atoms with Crippen molar-refractivity contribution in [1.82, 2.24) is 0 Å². The second-order valence-corrected chi connectivity index (χ2v) is 5.45. The average Bonchev–Trinajstić information content (AvgIpc) is 2.59. The van der Waals surface area contributed by atoms with E-state index < -0.39 is 0 Å². The highest BCUT2D eigenvalue weighted by Gasteiger charge is 2.06. The van der Waals surface area contributed by atoms with Gasteiger partial charge in [0.1, 0.15) is 5.75 Å². The lowest BCUT2D eigenvalue weighted by molar-refractivity contribution is -0.118. The minimum absolute atomic E-state index is 0.0870. The summed E-state index contributed by atoms with van der Waals surface area (Å²) in [6.07, 6.45) is 0.992. The summed E-state index contributed by atoms with van der Waals surface area (Å²) in [4.78, 5) is 23.6. The van der Waals surface area contributed by atoms with Crippen LogP contribution in [0.1, 0.15) is 12.8 Å². The standard InChI is InChI=1S/C18H19ClN2O3/c19-11-5-10-17(22)20-14-6-4-7-15(12-14)21-18(23)13-24-16-8-2-1-3-9-16/h1-4,6-9,12H,5,10-11,13H2,(H,20,22)(H,21,23). The number of halogens is 1. The number of anilines is 2. The summed E-state index contributed by atoms with van der Waals surface area (Å²) in [6, 6.07) is 16.1. The molecule has 0 bridgehead atoms. The third-order valence-corrected chi connectivity index (χ3v) is 3.35. The maximum absolute atomic E-state index is 11.9. The van der Waals surface area contributed by atoms with Crippen molar-refractivity contribution < 1.29 is 14.3 Å². The van der Waals surface area contributed by atoms with Crippen molar-refractivity contribution in [1.29, 1.82) is 0 Å². The first-order chi connectivity index (χ1) is 11.7. The van der Waals surface area contributed by atoms with Crippen molar-refractivity contribution in [2.75, 3.05) is 23.1 Å². The number of carbonyl (C=O) groups is 2. The molecule has 2 rings (SSSR count). The van der Waals surface area contributed by atoms with Gasteiger partial charge in [0.2, 0.25) is 5.91 Å². The molecule has 126 valence electrons. The number of hydrogen-bond acceptors (Lipinski definition) is 3. The fraction of sp³-hybridized carbons (Fsp3) is 0.222. The Labute approximate surface area is 146 Å². The molecule has 0 fully saturated rings. The van der Waals surface area contributed by atoms with Gasteiger partial charge in [0.05, 0.1) is 0 Å². The number of nitrogens with one attached hydrogen (secondary N) is 2. The molecule has 0 saturated heterocycles. The number of hydrogen-bond donors (Lipinski definition) is 2. The van der Waals surface area contributed by atoms with Crippen LogP contribution in [-0.4, -0.2) is 24.3 Å². The molecule has 0 unspecified atom stereocenters. The van der Waals surface area contributed by atoms with Gasteiger partial charge >= 0.3 is 0 Å². The molecule has 0 heterocycles. The van der Waals surface area contributed by atoms with E-state index in [4.69, 9.17) is 16.3 Å². The number of benzene rings is 2. The fourth-order valence-corrected chi connectivity index (χ4v) is 2.12. The molecule has 0 aromatic heterocycles. The Morgan fingerprint density at radius 1 is 0.917 bits per heavy atom. The SMILES string of the molecule is O=C(CCCCl)Nc1cccc(NC(=O)COc2ccccc2)c1. The first-order valence-electron chi connectivity index (χ1n) is 7.61. The van der Waals surface area contributed by atoms with E-state index in [-0.39, 0.29) is 18.4 Å². The normalized spacial score (nSPS) is 10.0. The van der Waals surface area contributed by atoms with Crippen molar-refractivity contribution in [3.63, 3.8) is 0 Å². The second kappa shape index (κ2) is 9.57. The first-order valence-corrected chi connectivity index (χ1v) is 8.14. The van der Waals surface area contributed by atoms with Gasteiger partial charge < -0.3 is 15.4 Å². The van der Waals surface area contributed by atoms with Crippen LogP contribution in [0, 0.1) is 0 Å². The Balaban J connectivity index is 1.84. The Morgan fingerprint density at radius 3 is 2.25 bits per heavy atom. The lowest BCUT2D eigenvalue weighted by Crippen LogP contribution is -2.20. The number of alkyl halides is 1. The third kappa shape index (κ3) is 6.30. The molecule has 0 saturated carbocycles. The van der Waals surface area contributed by atoms with Crippen LogP contribution in [0.3, 0.4) is 0 Å². The molecule has 2 amide bonds. The minimum Gasteiger partial charge on any atom is -0.484 e. The molecule has 2 aromatic rings. The number of carbonyl (C=O) groups excluding carboxylic acids is 2. The summed E-state index contributed by atoms with van der Waals surface area (Å²) in [5.74, 6) is 0.703. The van der Waals surface area contributed by atoms with E-state index in [0.717, 1.165) is 0 Å². The minimum atomic E-state index is -0.274. The maximum Gasteiger partial charge on any atom is 0.262 e. The van der Waals surface area contributed by atoms with Crippen LogP contribution in [0.4, 0.5) is 11.4 Å². The van der Waals surface area contributed by atoms with Gasteiger partial charge in [-0.05, 0) is 36.8 Å². The van der Waals surface area contributed by atoms with E-state index in [1.807, 2.05) is 18.2 Å². The van der Waals surface area contributed by atoms with Crippen LogP contribution in [0.25, 0.3) is 0 Å². The van der Waals surface area contributed by atoms with Gasteiger partial charge in [0.25, 0.3) is 5.91 Å². The van der Waals surface area contributed by atoms with E-state index in [2.05, 4.69) is 10.6 Å². The monoisotopic (exact) mass is 346 g/mol. The quantitative estimate of drug-likeness (QED) is 0.717. The van der Waals surface area contributed by atoms with Gasteiger partial charge in [0, 0.05) is 23.7 Å². The Hall–Kier alpha value is -2.53.